The number of rotatable bonds is 6. The lowest BCUT2D eigenvalue weighted by atomic mass is 10.1. The molecule has 0 spiro atoms. The average molecular weight is 366 g/mol. The number of aromatic nitrogens is 1. The lowest BCUT2D eigenvalue weighted by Gasteiger charge is -2.10. The van der Waals surface area contributed by atoms with Gasteiger partial charge in [-0.1, -0.05) is 6.07 Å². The van der Waals surface area contributed by atoms with Gasteiger partial charge in [0.15, 0.2) is 6.61 Å². The molecule has 2 N–H and O–H groups in total. The van der Waals surface area contributed by atoms with Crippen LogP contribution in [0.4, 0.5) is 5.69 Å². The molecule has 0 unspecified atom stereocenters. The van der Waals surface area contributed by atoms with Crippen LogP contribution in [-0.4, -0.2) is 30.1 Å². The number of amides is 1. The maximum Gasteiger partial charge on any atom is 0.338 e. The Morgan fingerprint density at radius 1 is 1.04 bits per heavy atom. The fourth-order valence-electron chi connectivity index (χ4n) is 2.56. The van der Waals surface area contributed by atoms with Crippen LogP contribution in [-0.2, 0) is 9.53 Å². The highest BCUT2D eigenvalue weighted by Gasteiger charge is 2.09. The molecule has 0 atom stereocenters. The van der Waals surface area contributed by atoms with Crippen LogP contribution in [0.1, 0.15) is 17.3 Å². The average Bonchev–Trinajstić information content (AvgIpc) is 2.67. The van der Waals surface area contributed by atoms with E-state index in [1.54, 1.807) is 55.5 Å². The SMILES string of the molecule is CCOC(=O)c1ccc(NC(=O)COc2cccc3c(=O)[nH]ccc23)cc1. The van der Waals surface area contributed by atoms with Gasteiger partial charge in [-0.25, -0.2) is 4.79 Å². The highest BCUT2D eigenvalue weighted by atomic mass is 16.5. The fourth-order valence-corrected chi connectivity index (χ4v) is 2.56. The molecule has 0 aliphatic rings. The summed E-state index contributed by atoms with van der Waals surface area (Å²) in [6.45, 7) is 1.82. The molecule has 0 fully saturated rings. The standard InChI is InChI=1S/C20H18N2O5/c1-2-26-20(25)13-6-8-14(9-7-13)22-18(23)12-27-17-5-3-4-16-15(17)10-11-21-19(16)24/h3-11H,2,12H2,1H3,(H,21,24)(H,22,23). The first-order valence-corrected chi connectivity index (χ1v) is 8.38. The molecule has 0 radical (unpaired) electrons. The van der Waals surface area contributed by atoms with Gasteiger partial charge in [0.25, 0.3) is 11.5 Å². The first-order valence-electron chi connectivity index (χ1n) is 8.38. The summed E-state index contributed by atoms with van der Waals surface area (Å²) in [5.41, 5.74) is 0.724. The number of carbonyl (C=O) groups excluding carboxylic acids is 2. The summed E-state index contributed by atoms with van der Waals surface area (Å²) < 4.78 is 10.5. The molecule has 2 aromatic carbocycles. The quantitative estimate of drug-likeness (QED) is 0.654. The highest BCUT2D eigenvalue weighted by Crippen LogP contribution is 2.22. The van der Waals surface area contributed by atoms with E-state index in [4.69, 9.17) is 9.47 Å². The third-order valence-corrected chi connectivity index (χ3v) is 3.81. The van der Waals surface area contributed by atoms with E-state index >= 15 is 0 Å². The van der Waals surface area contributed by atoms with Crippen molar-refractivity contribution in [1.82, 2.24) is 4.98 Å². The Balaban J connectivity index is 1.63. The number of benzene rings is 2. The van der Waals surface area contributed by atoms with Gasteiger partial charge in [-0.15, -0.1) is 0 Å². The van der Waals surface area contributed by atoms with Crippen molar-refractivity contribution in [3.05, 3.63) is 70.6 Å². The molecule has 7 nitrogen and oxygen atoms in total. The minimum atomic E-state index is -0.412. The number of fused-ring (bicyclic) bond motifs is 1. The fraction of sp³-hybridized carbons (Fsp3) is 0.150. The highest BCUT2D eigenvalue weighted by molar-refractivity contribution is 5.94. The number of hydrogen-bond donors (Lipinski definition) is 2. The Bertz CT molecular complexity index is 1020. The number of pyridine rings is 1. The Kier molecular flexibility index (Phi) is 5.51. The maximum absolute atomic E-state index is 12.1. The van der Waals surface area contributed by atoms with Gasteiger partial charge in [0.2, 0.25) is 0 Å². The predicted molar refractivity (Wildman–Crippen MR) is 101 cm³/mol. The van der Waals surface area contributed by atoms with E-state index in [1.807, 2.05) is 0 Å². The summed E-state index contributed by atoms with van der Waals surface area (Å²) in [6.07, 6.45) is 1.53. The lowest BCUT2D eigenvalue weighted by molar-refractivity contribution is -0.118. The first kappa shape index (κ1) is 18.2. The Labute approximate surface area is 154 Å². The first-order chi connectivity index (χ1) is 13.1. The van der Waals surface area contributed by atoms with E-state index in [-0.39, 0.29) is 18.1 Å². The van der Waals surface area contributed by atoms with Crippen LogP contribution in [0, 0.1) is 0 Å². The summed E-state index contributed by atoms with van der Waals surface area (Å²) in [4.78, 5) is 38.1. The number of aromatic amines is 1. The molecule has 0 saturated heterocycles. The van der Waals surface area contributed by atoms with Crippen molar-refractivity contribution < 1.29 is 19.1 Å². The molecule has 0 saturated carbocycles. The predicted octanol–water partition coefficient (Wildman–Crippen LogP) is 2.72. The number of hydrogen-bond acceptors (Lipinski definition) is 5. The van der Waals surface area contributed by atoms with Gasteiger partial charge >= 0.3 is 5.97 Å². The molecule has 0 aliphatic carbocycles. The van der Waals surface area contributed by atoms with Crippen LogP contribution < -0.4 is 15.6 Å². The van der Waals surface area contributed by atoms with E-state index in [0.29, 0.717) is 34.4 Å². The van der Waals surface area contributed by atoms with Crippen molar-refractivity contribution in [1.29, 1.82) is 0 Å². The second-order valence-corrected chi connectivity index (χ2v) is 5.66. The molecular weight excluding hydrogens is 348 g/mol. The third kappa shape index (κ3) is 4.33. The largest absolute Gasteiger partial charge is 0.483 e. The molecule has 7 heteroatoms. The van der Waals surface area contributed by atoms with E-state index in [2.05, 4.69) is 10.3 Å². The minimum Gasteiger partial charge on any atom is -0.483 e. The zero-order valence-electron chi connectivity index (χ0n) is 14.7. The monoisotopic (exact) mass is 366 g/mol. The number of H-pyrrole nitrogens is 1. The van der Waals surface area contributed by atoms with Crippen LogP contribution in [0.2, 0.25) is 0 Å². The molecule has 138 valence electrons. The second-order valence-electron chi connectivity index (χ2n) is 5.66. The van der Waals surface area contributed by atoms with Gasteiger partial charge in [0.1, 0.15) is 5.75 Å². The Hall–Kier alpha value is -3.61. The molecule has 1 amide bonds. The van der Waals surface area contributed by atoms with Gasteiger partial charge in [0, 0.05) is 17.3 Å². The molecule has 27 heavy (non-hydrogen) atoms. The molecular formula is C20H18N2O5. The molecule has 3 rings (SSSR count). The van der Waals surface area contributed by atoms with Gasteiger partial charge < -0.3 is 19.8 Å². The van der Waals surface area contributed by atoms with Crippen molar-refractivity contribution >= 4 is 28.3 Å². The van der Waals surface area contributed by atoms with E-state index in [9.17, 15) is 14.4 Å². The van der Waals surface area contributed by atoms with Gasteiger partial charge in [-0.2, -0.15) is 0 Å². The van der Waals surface area contributed by atoms with Crippen molar-refractivity contribution in [2.24, 2.45) is 0 Å². The van der Waals surface area contributed by atoms with Crippen molar-refractivity contribution in [2.45, 2.75) is 6.92 Å². The van der Waals surface area contributed by atoms with Crippen LogP contribution in [0.5, 0.6) is 5.75 Å². The van der Waals surface area contributed by atoms with Gasteiger partial charge in [-0.3, -0.25) is 9.59 Å². The normalized spacial score (nSPS) is 10.4. The van der Waals surface area contributed by atoms with Crippen LogP contribution >= 0.6 is 0 Å². The Morgan fingerprint density at radius 3 is 2.56 bits per heavy atom. The molecule has 1 heterocycles. The molecule has 0 aliphatic heterocycles. The number of ether oxygens (including phenoxy) is 2. The van der Waals surface area contributed by atoms with Crippen molar-refractivity contribution in [3.8, 4) is 5.75 Å². The van der Waals surface area contributed by atoms with Crippen LogP contribution in [0.15, 0.2) is 59.5 Å². The topological polar surface area (TPSA) is 97.5 Å². The zero-order valence-corrected chi connectivity index (χ0v) is 14.7. The van der Waals surface area contributed by atoms with Gasteiger partial charge in [-0.05, 0) is 49.4 Å². The van der Waals surface area contributed by atoms with Crippen LogP contribution in [0.3, 0.4) is 0 Å². The van der Waals surface area contributed by atoms with Crippen molar-refractivity contribution in [3.63, 3.8) is 0 Å². The lowest BCUT2D eigenvalue weighted by Crippen LogP contribution is -2.20. The minimum absolute atomic E-state index is 0.217. The molecule has 1 aromatic heterocycles. The van der Waals surface area contributed by atoms with Crippen molar-refractivity contribution in [2.75, 3.05) is 18.5 Å². The number of nitrogens with one attached hydrogen (secondary N) is 2. The second kappa shape index (κ2) is 8.18. The summed E-state index contributed by atoms with van der Waals surface area (Å²) in [5, 5.41) is 3.81. The summed E-state index contributed by atoms with van der Waals surface area (Å²) >= 11 is 0. The smallest absolute Gasteiger partial charge is 0.338 e. The number of carbonyl (C=O) groups is 2. The van der Waals surface area contributed by atoms with E-state index in [1.165, 1.54) is 6.20 Å². The van der Waals surface area contributed by atoms with Gasteiger partial charge in [0.05, 0.1) is 17.6 Å². The molecule has 3 aromatic rings. The Morgan fingerprint density at radius 2 is 1.81 bits per heavy atom. The van der Waals surface area contributed by atoms with Crippen LogP contribution in [0.25, 0.3) is 10.8 Å². The summed E-state index contributed by atoms with van der Waals surface area (Å²) in [5.74, 6) is -0.322. The van der Waals surface area contributed by atoms with E-state index in [0.717, 1.165) is 0 Å². The third-order valence-electron chi connectivity index (χ3n) is 3.81. The number of anilines is 1. The number of esters is 1. The maximum atomic E-state index is 12.1. The zero-order chi connectivity index (χ0) is 19.2. The summed E-state index contributed by atoms with van der Waals surface area (Å²) in [6, 6.07) is 13.2. The molecule has 0 bridgehead atoms. The van der Waals surface area contributed by atoms with E-state index < -0.39 is 5.97 Å². The summed E-state index contributed by atoms with van der Waals surface area (Å²) in [7, 11) is 0.